The number of hydrogen-bond donors (Lipinski definition) is 1. The SMILES string of the molecule is C=CCN(C(=O)[C@@H]1[C@H]2C(=O)N([C@@H](CO)Cc3ccccc3)C(C(=O)N(CC=C)C(C)(C)CC(C)(C)C)C23CC[C@H]1O3)c1ccc(OCC)cc1. The second-order valence-electron chi connectivity index (χ2n) is 15.8. The van der Waals surface area contributed by atoms with E-state index in [1.807, 2.05) is 80.3 Å². The maximum absolute atomic E-state index is 15.2. The molecule has 0 aromatic heterocycles. The van der Waals surface area contributed by atoms with Crippen LogP contribution in [0.2, 0.25) is 0 Å². The van der Waals surface area contributed by atoms with Crippen molar-refractivity contribution in [2.75, 3.05) is 31.2 Å². The van der Waals surface area contributed by atoms with E-state index in [1.165, 1.54) is 0 Å². The zero-order valence-corrected chi connectivity index (χ0v) is 30.6. The van der Waals surface area contributed by atoms with Crippen molar-refractivity contribution in [2.24, 2.45) is 17.3 Å². The fraction of sp³-hybridized carbons (Fsp3) is 0.537. The first-order valence-corrected chi connectivity index (χ1v) is 17.9. The van der Waals surface area contributed by atoms with Gasteiger partial charge in [0.1, 0.15) is 17.4 Å². The second-order valence-corrected chi connectivity index (χ2v) is 15.8. The Morgan fingerprint density at radius 2 is 1.70 bits per heavy atom. The molecule has 2 bridgehead atoms. The number of nitrogens with zero attached hydrogens (tertiary/aromatic N) is 3. The summed E-state index contributed by atoms with van der Waals surface area (Å²) in [5.41, 5.74) is -0.323. The van der Waals surface area contributed by atoms with Gasteiger partial charge in [-0.15, -0.1) is 13.2 Å². The highest BCUT2D eigenvalue weighted by molar-refractivity contribution is 6.03. The number of amides is 3. The Labute approximate surface area is 297 Å². The van der Waals surface area contributed by atoms with Crippen LogP contribution in [0.15, 0.2) is 79.9 Å². The fourth-order valence-corrected chi connectivity index (χ4v) is 9.01. The van der Waals surface area contributed by atoms with Crippen LogP contribution in [0.3, 0.4) is 0 Å². The predicted molar refractivity (Wildman–Crippen MR) is 196 cm³/mol. The van der Waals surface area contributed by atoms with Gasteiger partial charge in [-0.25, -0.2) is 0 Å². The van der Waals surface area contributed by atoms with Crippen LogP contribution < -0.4 is 9.64 Å². The number of rotatable bonds is 15. The highest BCUT2D eigenvalue weighted by Crippen LogP contribution is 2.59. The third kappa shape index (κ3) is 6.99. The van der Waals surface area contributed by atoms with Crippen molar-refractivity contribution < 1.29 is 29.0 Å². The maximum atomic E-state index is 15.2. The Balaban J connectivity index is 1.60. The molecule has 2 aromatic carbocycles. The molecule has 3 aliphatic rings. The third-order valence-electron chi connectivity index (χ3n) is 10.5. The summed E-state index contributed by atoms with van der Waals surface area (Å²) in [6, 6.07) is 15.2. The minimum absolute atomic E-state index is 0.0918. The number of aliphatic hydroxyl groups is 1. The topological polar surface area (TPSA) is 99.6 Å². The molecular formula is C41H55N3O6. The summed E-state index contributed by atoms with van der Waals surface area (Å²) < 4.78 is 12.5. The second kappa shape index (κ2) is 14.7. The number of aliphatic hydroxyl groups excluding tert-OH is 1. The quantitative estimate of drug-likeness (QED) is 0.238. The average molecular weight is 686 g/mol. The lowest BCUT2D eigenvalue weighted by molar-refractivity contribution is -0.155. The summed E-state index contributed by atoms with van der Waals surface area (Å²) in [5.74, 6) is -1.82. The molecule has 2 unspecified atom stereocenters. The lowest BCUT2D eigenvalue weighted by Gasteiger charge is -2.46. The smallest absolute Gasteiger partial charge is 0.249 e. The number of anilines is 1. The molecule has 9 nitrogen and oxygen atoms in total. The Morgan fingerprint density at radius 1 is 1.04 bits per heavy atom. The van der Waals surface area contributed by atoms with E-state index < -0.39 is 41.2 Å². The first-order chi connectivity index (χ1) is 23.7. The molecule has 3 fully saturated rings. The van der Waals surface area contributed by atoms with Crippen LogP contribution in [0.5, 0.6) is 5.75 Å². The molecule has 3 saturated heterocycles. The van der Waals surface area contributed by atoms with E-state index in [9.17, 15) is 9.90 Å². The van der Waals surface area contributed by atoms with Crippen molar-refractivity contribution in [3.8, 4) is 5.75 Å². The minimum atomic E-state index is -1.22. The summed E-state index contributed by atoms with van der Waals surface area (Å²) in [5, 5.41) is 10.9. The molecule has 1 spiro atoms. The summed E-state index contributed by atoms with van der Waals surface area (Å²) in [7, 11) is 0. The zero-order chi connectivity index (χ0) is 36.4. The van der Waals surface area contributed by atoms with E-state index in [1.54, 1.807) is 22.0 Å². The van der Waals surface area contributed by atoms with Gasteiger partial charge in [-0.3, -0.25) is 14.4 Å². The normalized spacial score (nSPS) is 24.9. The number of likely N-dealkylation sites (tertiary alicyclic amines) is 1. The van der Waals surface area contributed by atoms with Crippen molar-refractivity contribution in [2.45, 2.75) is 96.6 Å². The van der Waals surface area contributed by atoms with Gasteiger partial charge in [-0.1, -0.05) is 63.3 Å². The summed E-state index contributed by atoms with van der Waals surface area (Å²) in [4.78, 5) is 50.0. The van der Waals surface area contributed by atoms with E-state index in [0.29, 0.717) is 43.7 Å². The number of benzene rings is 2. The van der Waals surface area contributed by atoms with Crippen molar-refractivity contribution >= 4 is 23.4 Å². The first-order valence-electron chi connectivity index (χ1n) is 17.9. The zero-order valence-electron chi connectivity index (χ0n) is 30.6. The van der Waals surface area contributed by atoms with E-state index in [4.69, 9.17) is 9.47 Å². The van der Waals surface area contributed by atoms with Gasteiger partial charge in [-0.05, 0) is 81.7 Å². The third-order valence-corrected chi connectivity index (χ3v) is 10.5. The monoisotopic (exact) mass is 685 g/mol. The molecule has 0 aliphatic carbocycles. The molecule has 9 heteroatoms. The predicted octanol–water partition coefficient (Wildman–Crippen LogP) is 5.81. The largest absolute Gasteiger partial charge is 0.494 e. The van der Waals surface area contributed by atoms with Crippen LogP contribution in [0, 0.1) is 17.3 Å². The number of carbonyl (C=O) groups excluding carboxylic acids is 3. The molecule has 3 aliphatic heterocycles. The molecule has 50 heavy (non-hydrogen) atoms. The van der Waals surface area contributed by atoms with E-state index >= 15 is 9.59 Å². The number of carbonyl (C=O) groups is 3. The molecule has 6 atom stereocenters. The molecule has 0 saturated carbocycles. The van der Waals surface area contributed by atoms with Crippen LogP contribution in [-0.2, 0) is 25.5 Å². The Morgan fingerprint density at radius 3 is 2.28 bits per heavy atom. The molecule has 3 heterocycles. The van der Waals surface area contributed by atoms with Crippen LogP contribution in [-0.4, -0.2) is 88.3 Å². The van der Waals surface area contributed by atoms with Crippen LogP contribution in [0.25, 0.3) is 0 Å². The van der Waals surface area contributed by atoms with Crippen molar-refractivity contribution in [3.63, 3.8) is 0 Å². The van der Waals surface area contributed by atoms with E-state index in [0.717, 1.165) is 5.56 Å². The van der Waals surface area contributed by atoms with E-state index in [2.05, 4.69) is 33.9 Å². The standard InChI is InChI=1S/C41H55N3O6/c1-9-23-42(29-17-19-31(20-18-29)49-11-3)36(46)33-32-21-22-41(50-32)34(33)37(47)44(30(26-45)25-28-15-13-12-14-16-28)35(41)38(48)43(24-10-2)40(7,8)27-39(4,5)6/h9-10,12-20,30,32-35,45H,1-2,11,21-27H2,3-8H3/t30-,32-,33+,34+,35?,41?/m1/s1. The highest BCUT2D eigenvalue weighted by atomic mass is 16.5. The number of hydrogen-bond acceptors (Lipinski definition) is 6. The lowest BCUT2D eigenvalue weighted by Crippen LogP contribution is -2.62. The number of fused-ring (bicyclic) bond motifs is 1. The number of ether oxygens (including phenoxy) is 2. The summed E-state index contributed by atoms with van der Waals surface area (Å²) >= 11 is 0. The molecule has 1 N–H and O–H groups in total. The Kier molecular flexibility index (Phi) is 11.0. The van der Waals surface area contributed by atoms with Gasteiger partial charge < -0.3 is 29.3 Å². The minimum Gasteiger partial charge on any atom is -0.494 e. The van der Waals surface area contributed by atoms with Gasteiger partial charge in [0.05, 0.1) is 37.2 Å². The molecule has 2 aromatic rings. The molecule has 270 valence electrons. The molecule has 3 amide bonds. The van der Waals surface area contributed by atoms with Crippen LogP contribution >= 0.6 is 0 Å². The van der Waals surface area contributed by atoms with Gasteiger partial charge in [0.15, 0.2) is 0 Å². The first kappa shape index (κ1) is 37.3. The molecular weight excluding hydrogens is 630 g/mol. The van der Waals surface area contributed by atoms with Crippen LogP contribution in [0.1, 0.15) is 66.4 Å². The summed E-state index contributed by atoms with van der Waals surface area (Å²) in [6.45, 7) is 21.0. The molecule has 5 rings (SSSR count). The lowest BCUT2D eigenvalue weighted by atomic mass is 9.70. The van der Waals surface area contributed by atoms with Gasteiger partial charge in [0.2, 0.25) is 17.7 Å². The van der Waals surface area contributed by atoms with Gasteiger partial charge >= 0.3 is 0 Å². The van der Waals surface area contributed by atoms with Gasteiger partial charge in [0.25, 0.3) is 0 Å². The maximum Gasteiger partial charge on any atom is 0.249 e. The van der Waals surface area contributed by atoms with Gasteiger partial charge in [0, 0.05) is 24.3 Å². The van der Waals surface area contributed by atoms with Gasteiger partial charge in [-0.2, -0.15) is 0 Å². The summed E-state index contributed by atoms with van der Waals surface area (Å²) in [6.07, 6.45) is 4.90. The Bertz CT molecular complexity index is 1550. The average Bonchev–Trinajstić information content (AvgIpc) is 3.71. The van der Waals surface area contributed by atoms with E-state index in [-0.39, 0.29) is 42.8 Å². The van der Waals surface area contributed by atoms with Crippen molar-refractivity contribution in [1.82, 2.24) is 9.80 Å². The Hall–Kier alpha value is -3.95. The molecule has 0 radical (unpaired) electrons. The van der Waals surface area contributed by atoms with Crippen LogP contribution in [0.4, 0.5) is 5.69 Å². The van der Waals surface area contributed by atoms with Crippen molar-refractivity contribution in [1.29, 1.82) is 0 Å². The highest BCUT2D eigenvalue weighted by Gasteiger charge is 2.75. The fourth-order valence-electron chi connectivity index (χ4n) is 9.01. The van der Waals surface area contributed by atoms with Crippen molar-refractivity contribution in [3.05, 3.63) is 85.5 Å².